The average Bonchev–Trinajstić information content (AvgIpc) is 2.19. The number of rotatable bonds is 3. The van der Waals surface area contributed by atoms with Gasteiger partial charge in [0, 0.05) is 0 Å². The van der Waals surface area contributed by atoms with Gasteiger partial charge in [-0.25, -0.2) is 0 Å². The molecular weight excluding hydrogens is 176 g/mol. The Bertz CT molecular complexity index is 301. The smallest absolute Gasteiger partial charge is 0.315 e. The Morgan fingerprint density at radius 2 is 2.00 bits per heavy atom. The summed E-state index contributed by atoms with van der Waals surface area (Å²) in [7, 11) is 0. The van der Waals surface area contributed by atoms with Crippen LogP contribution in [0.1, 0.15) is 26.3 Å². The fourth-order valence-corrected chi connectivity index (χ4v) is 1.23. The maximum atomic E-state index is 11.6. The molecule has 0 aliphatic heterocycles. The van der Waals surface area contributed by atoms with E-state index in [4.69, 9.17) is 4.74 Å². The molecule has 1 aromatic carbocycles. The second-order valence-corrected chi connectivity index (χ2v) is 3.63. The monoisotopic (exact) mass is 191 g/mol. The molecule has 1 aromatic rings. The van der Waals surface area contributed by atoms with E-state index in [0.717, 1.165) is 5.56 Å². The van der Waals surface area contributed by atoms with E-state index in [1.807, 2.05) is 32.9 Å². The lowest BCUT2D eigenvalue weighted by molar-refractivity contribution is -0.148. The van der Waals surface area contributed by atoms with Crippen molar-refractivity contribution in [3.05, 3.63) is 35.9 Å². The summed E-state index contributed by atoms with van der Waals surface area (Å²) in [6.45, 7) is 5.95. The van der Waals surface area contributed by atoms with Crippen molar-refractivity contribution in [1.29, 1.82) is 0 Å². The highest BCUT2D eigenvalue weighted by Gasteiger charge is 2.30. The number of esters is 1. The van der Waals surface area contributed by atoms with E-state index in [1.165, 1.54) is 0 Å². The van der Waals surface area contributed by atoms with E-state index >= 15 is 0 Å². The lowest BCUT2D eigenvalue weighted by atomic mass is 9.85. The van der Waals surface area contributed by atoms with E-state index in [9.17, 15) is 4.79 Å². The van der Waals surface area contributed by atoms with Crippen LogP contribution in [0.2, 0.25) is 0 Å². The Morgan fingerprint density at radius 3 is 2.50 bits per heavy atom. The molecule has 0 unspecified atom stereocenters. The molecule has 0 aromatic heterocycles. The third-order valence-electron chi connectivity index (χ3n) is 2.23. The fraction of sp³-hybridized carbons (Fsp3) is 0.417. The molecule has 0 amide bonds. The number of ether oxygens (including phenoxy) is 1. The van der Waals surface area contributed by atoms with Gasteiger partial charge >= 0.3 is 5.97 Å². The maximum absolute atomic E-state index is 11.6. The molecule has 0 fully saturated rings. The van der Waals surface area contributed by atoms with E-state index in [2.05, 4.69) is 6.07 Å². The normalized spacial score (nSPS) is 11.1. The molecular formula is C12H15O2. The molecule has 0 N–H and O–H groups in total. The first-order chi connectivity index (χ1) is 6.59. The van der Waals surface area contributed by atoms with Gasteiger partial charge in [0.15, 0.2) is 0 Å². The van der Waals surface area contributed by atoms with Gasteiger partial charge in [0.05, 0.1) is 12.0 Å². The lowest BCUT2D eigenvalue weighted by Gasteiger charge is -2.22. The van der Waals surface area contributed by atoms with Gasteiger partial charge in [-0.2, -0.15) is 0 Å². The van der Waals surface area contributed by atoms with Crippen molar-refractivity contribution in [2.75, 3.05) is 6.61 Å². The van der Waals surface area contributed by atoms with E-state index in [1.54, 1.807) is 12.1 Å². The van der Waals surface area contributed by atoms with Crippen LogP contribution >= 0.6 is 0 Å². The van der Waals surface area contributed by atoms with Crippen LogP contribution in [0.4, 0.5) is 0 Å². The Morgan fingerprint density at radius 1 is 1.43 bits per heavy atom. The van der Waals surface area contributed by atoms with Crippen LogP contribution in [0, 0.1) is 6.07 Å². The zero-order valence-electron chi connectivity index (χ0n) is 8.83. The van der Waals surface area contributed by atoms with Crippen molar-refractivity contribution in [2.45, 2.75) is 26.2 Å². The van der Waals surface area contributed by atoms with Crippen molar-refractivity contribution in [3.63, 3.8) is 0 Å². The van der Waals surface area contributed by atoms with Crippen molar-refractivity contribution in [2.24, 2.45) is 0 Å². The summed E-state index contributed by atoms with van der Waals surface area (Å²) < 4.78 is 5.01. The lowest BCUT2D eigenvalue weighted by Crippen LogP contribution is -2.30. The van der Waals surface area contributed by atoms with E-state index < -0.39 is 5.41 Å². The second kappa shape index (κ2) is 4.27. The highest BCUT2D eigenvalue weighted by molar-refractivity contribution is 5.82. The van der Waals surface area contributed by atoms with Gasteiger partial charge in [0.25, 0.3) is 0 Å². The van der Waals surface area contributed by atoms with E-state index in [-0.39, 0.29) is 5.97 Å². The average molecular weight is 191 g/mol. The summed E-state index contributed by atoms with van der Waals surface area (Å²) in [5.41, 5.74) is 0.375. The Balaban J connectivity index is 2.90. The summed E-state index contributed by atoms with van der Waals surface area (Å²) in [4.78, 5) is 11.6. The zero-order valence-corrected chi connectivity index (χ0v) is 8.83. The number of hydrogen-bond donors (Lipinski definition) is 0. The van der Waals surface area contributed by atoms with Crippen molar-refractivity contribution < 1.29 is 9.53 Å². The Kier molecular flexibility index (Phi) is 3.28. The summed E-state index contributed by atoms with van der Waals surface area (Å²) >= 11 is 0. The summed E-state index contributed by atoms with van der Waals surface area (Å²) in [6, 6.07) is 10.3. The Hall–Kier alpha value is -1.31. The van der Waals surface area contributed by atoms with Crippen LogP contribution in [0.5, 0.6) is 0 Å². The number of hydrogen-bond acceptors (Lipinski definition) is 2. The van der Waals surface area contributed by atoms with Gasteiger partial charge in [0.2, 0.25) is 0 Å². The third kappa shape index (κ3) is 2.13. The van der Waals surface area contributed by atoms with Crippen molar-refractivity contribution >= 4 is 5.97 Å². The minimum Gasteiger partial charge on any atom is -0.465 e. The maximum Gasteiger partial charge on any atom is 0.315 e. The molecule has 2 heteroatoms. The highest BCUT2D eigenvalue weighted by atomic mass is 16.5. The molecule has 0 atom stereocenters. The fourth-order valence-electron chi connectivity index (χ4n) is 1.23. The van der Waals surface area contributed by atoms with Gasteiger partial charge in [-0.15, -0.1) is 0 Å². The minimum absolute atomic E-state index is 0.189. The first kappa shape index (κ1) is 10.8. The van der Waals surface area contributed by atoms with Gasteiger partial charge in [-0.3, -0.25) is 4.79 Å². The van der Waals surface area contributed by atoms with Gasteiger partial charge in [-0.1, -0.05) is 24.3 Å². The van der Waals surface area contributed by atoms with Crippen molar-refractivity contribution in [3.8, 4) is 0 Å². The van der Waals surface area contributed by atoms with Crippen LogP contribution in [-0.4, -0.2) is 12.6 Å². The molecule has 0 saturated carbocycles. The first-order valence-corrected chi connectivity index (χ1v) is 4.73. The molecule has 2 nitrogen and oxygen atoms in total. The second-order valence-electron chi connectivity index (χ2n) is 3.63. The molecule has 0 bridgehead atoms. The Labute approximate surface area is 84.9 Å². The van der Waals surface area contributed by atoms with Crippen LogP contribution in [0.15, 0.2) is 24.3 Å². The molecule has 1 radical (unpaired) electrons. The number of benzene rings is 1. The standard InChI is InChI=1S/C12H15O2/c1-4-14-11(13)12(2,3)10-8-6-5-7-9-10/h6-9H,4H2,1-3H3. The third-order valence-corrected chi connectivity index (χ3v) is 2.23. The van der Waals surface area contributed by atoms with Gasteiger partial charge in [0.1, 0.15) is 0 Å². The predicted octanol–water partition coefficient (Wildman–Crippen LogP) is 2.33. The molecule has 0 aliphatic rings. The molecule has 14 heavy (non-hydrogen) atoms. The first-order valence-electron chi connectivity index (χ1n) is 4.73. The van der Waals surface area contributed by atoms with Crippen molar-refractivity contribution in [1.82, 2.24) is 0 Å². The van der Waals surface area contributed by atoms with Gasteiger partial charge in [-0.05, 0) is 32.4 Å². The number of carbonyl (C=O) groups is 1. The summed E-state index contributed by atoms with van der Waals surface area (Å²) in [5.74, 6) is -0.189. The zero-order chi connectivity index (χ0) is 10.6. The molecule has 1 rings (SSSR count). The molecule has 0 spiro atoms. The van der Waals surface area contributed by atoms with Crippen LogP contribution in [0.3, 0.4) is 0 Å². The highest BCUT2D eigenvalue weighted by Crippen LogP contribution is 2.24. The predicted molar refractivity (Wildman–Crippen MR) is 54.9 cm³/mol. The molecule has 75 valence electrons. The van der Waals surface area contributed by atoms with Crippen LogP contribution < -0.4 is 0 Å². The summed E-state index contributed by atoms with van der Waals surface area (Å²) in [5, 5.41) is 0. The molecule has 0 heterocycles. The summed E-state index contributed by atoms with van der Waals surface area (Å²) in [6.07, 6.45) is 0. The number of carbonyl (C=O) groups excluding carboxylic acids is 1. The van der Waals surface area contributed by atoms with Crippen LogP contribution in [0.25, 0.3) is 0 Å². The molecule has 0 saturated heterocycles. The topological polar surface area (TPSA) is 26.3 Å². The quantitative estimate of drug-likeness (QED) is 0.685. The van der Waals surface area contributed by atoms with Gasteiger partial charge < -0.3 is 4.74 Å². The van der Waals surface area contributed by atoms with Crippen LogP contribution in [-0.2, 0) is 14.9 Å². The molecule has 0 aliphatic carbocycles. The van der Waals surface area contributed by atoms with E-state index in [0.29, 0.717) is 6.61 Å². The largest absolute Gasteiger partial charge is 0.465 e. The minimum atomic E-state index is -0.578. The SMILES string of the molecule is CCOC(=O)C(C)(C)c1cc[c]cc1.